The number of halogens is 10. The van der Waals surface area contributed by atoms with Gasteiger partial charge in [0.05, 0.1) is 35.5 Å². The van der Waals surface area contributed by atoms with Crippen molar-refractivity contribution in [2.45, 2.75) is 36.8 Å². The lowest BCUT2D eigenvalue weighted by atomic mass is 10.1. The third kappa shape index (κ3) is 8.65. The van der Waals surface area contributed by atoms with Crippen molar-refractivity contribution in [1.82, 2.24) is 9.80 Å². The first-order chi connectivity index (χ1) is 19.2. The van der Waals surface area contributed by atoms with E-state index in [-0.39, 0.29) is 49.4 Å². The maximum atomic E-state index is 14.0. The number of alkyl halides is 6. The summed E-state index contributed by atoms with van der Waals surface area (Å²) in [6.07, 6.45) is -17.2. The zero-order chi connectivity index (χ0) is 29.9. The average Bonchev–Trinajstić information content (AvgIpc) is 2.90. The molecule has 0 N–H and O–H groups in total. The fourth-order valence-corrected chi connectivity index (χ4v) is 5.06. The summed E-state index contributed by atoms with van der Waals surface area (Å²) in [7, 11) is 0. The molecule has 2 heterocycles. The van der Waals surface area contributed by atoms with Crippen LogP contribution >= 0.6 is 23.2 Å². The van der Waals surface area contributed by atoms with Gasteiger partial charge in [-0.3, -0.25) is 9.80 Å². The first-order valence-electron chi connectivity index (χ1n) is 12.6. The van der Waals surface area contributed by atoms with E-state index in [4.69, 9.17) is 37.4 Å². The van der Waals surface area contributed by atoms with Crippen molar-refractivity contribution in [3.8, 4) is 0 Å². The van der Waals surface area contributed by atoms with Gasteiger partial charge in [0.25, 0.3) is 0 Å². The lowest BCUT2D eigenvalue weighted by molar-refractivity contribution is -0.292. The standard InChI is InChI=1S/C26H26Cl2F8N2O3/c27-17-9-15(1-3-19(17)29)21-11-37(5-7-39-21)13-23(25(31,32)33)41-24(26(34,35)36)14-38-6-8-40-22(12-38)16-2-4-20(30)18(28)10-16/h1-4,9-10,21-24H,5-8,11-14H2/t21-,22-,23-,24-/m0/s1. The number of benzene rings is 2. The van der Waals surface area contributed by atoms with Gasteiger partial charge in [-0.1, -0.05) is 35.3 Å². The zero-order valence-electron chi connectivity index (χ0n) is 21.3. The molecule has 2 aromatic carbocycles. The quantitative estimate of drug-likeness (QED) is 0.305. The van der Waals surface area contributed by atoms with E-state index in [1.54, 1.807) is 0 Å². The minimum Gasteiger partial charge on any atom is -0.371 e. The van der Waals surface area contributed by atoms with Gasteiger partial charge >= 0.3 is 12.4 Å². The van der Waals surface area contributed by atoms with Crippen LogP contribution < -0.4 is 0 Å². The molecule has 0 aromatic heterocycles. The highest BCUT2D eigenvalue weighted by atomic mass is 35.5. The summed E-state index contributed by atoms with van der Waals surface area (Å²) >= 11 is 11.6. The second kappa shape index (κ2) is 13.3. The molecule has 2 aromatic rings. The molecule has 228 valence electrons. The van der Waals surface area contributed by atoms with Gasteiger partial charge in [-0.2, -0.15) is 26.3 Å². The van der Waals surface area contributed by atoms with E-state index in [0.29, 0.717) is 11.1 Å². The predicted octanol–water partition coefficient (Wildman–Crippen LogP) is 6.60. The summed E-state index contributed by atoms with van der Waals surface area (Å²) in [5.41, 5.74) is 0.839. The molecule has 2 aliphatic rings. The highest BCUT2D eigenvalue weighted by Crippen LogP contribution is 2.34. The van der Waals surface area contributed by atoms with E-state index in [0.717, 1.165) is 12.1 Å². The van der Waals surface area contributed by atoms with Crippen LogP contribution in [0.5, 0.6) is 0 Å². The smallest absolute Gasteiger partial charge is 0.371 e. The van der Waals surface area contributed by atoms with Gasteiger partial charge in [0, 0.05) is 39.3 Å². The third-order valence-electron chi connectivity index (χ3n) is 6.84. The van der Waals surface area contributed by atoms with E-state index in [2.05, 4.69) is 0 Å². The summed E-state index contributed by atoms with van der Waals surface area (Å²) in [5.74, 6) is -1.36. The molecule has 2 aliphatic heterocycles. The Labute approximate surface area is 240 Å². The van der Waals surface area contributed by atoms with Crippen LogP contribution in [-0.2, 0) is 14.2 Å². The van der Waals surface area contributed by atoms with Crippen molar-refractivity contribution in [2.24, 2.45) is 0 Å². The fraction of sp³-hybridized carbons (Fsp3) is 0.538. The second-order valence-corrected chi connectivity index (χ2v) is 10.6. The Morgan fingerprint density at radius 1 is 0.732 bits per heavy atom. The minimum absolute atomic E-state index is 0.00446. The van der Waals surface area contributed by atoms with Crippen molar-refractivity contribution in [1.29, 1.82) is 0 Å². The Bertz CT molecular complexity index is 1100. The molecule has 2 fully saturated rings. The molecule has 4 rings (SSSR count). The Morgan fingerprint density at radius 3 is 1.46 bits per heavy atom. The lowest BCUT2D eigenvalue weighted by Gasteiger charge is -2.38. The highest BCUT2D eigenvalue weighted by molar-refractivity contribution is 6.31. The van der Waals surface area contributed by atoms with Crippen LogP contribution in [0.2, 0.25) is 10.0 Å². The molecular formula is C26H26Cl2F8N2O3. The number of hydrogen-bond donors (Lipinski definition) is 0. The molecule has 5 nitrogen and oxygen atoms in total. The first-order valence-corrected chi connectivity index (χ1v) is 13.3. The van der Waals surface area contributed by atoms with Crippen molar-refractivity contribution in [3.63, 3.8) is 0 Å². The van der Waals surface area contributed by atoms with Crippen LogP contribution in [0, 0.1) is 11.6 Å². The van der Waals surface area contributed by atoms with Crippen LogP contribution in [0.4, 0.5) is 35.1 Å². The highest BCUT2D eigenvalue weighted by Gasteiger charge is 2.50. The van der Waals surface area contributed by atoms with Gasteiger partial charge in [0.15, 0.2) is 12.2 Å². The third-order valence-corrected chi connectivity index (χ3v) is 7.42. The summed E-state index contributed by atoms with van der Waals surface area (Å²) < 4.78 is 127. The molecule has 0 unspecified atom stereocenters. The summed E-state index contributed by atoms with van der Waals surface area (Å²) in [4.78, 5) is 2.58. The molecule has 0 amide bonds. The second-order valence-electron chi connectivity index (χ2n) is 9.78. The molecule has 0 radical (unpaired) electrons. The molecule has 0 spiro atoms. The lowest BCUT2D eigenvalue weighted by Crippen LogP contribution is -2.53. The first kappa shape index (κ1) is 32.2. The van der Waals surface area contributed by atoms with Crippen LogP contribution in [-0.4, -0.2) is 86.8 Å². The normalized spacial score (nSPS) is 23.0. The minimum atomic E-state index is -5.10. The molecule has 0 saturated carbocycles. The number of morpholine rings is 2. The SMILES string of the molecule is Fc1ccc([C@@H]2CN(C[C@H](O[C@@H](CN3CCO[C@H](c4ccc(F)c(Cl)c4)C3)C(F)(F)F)C(F)(F)F)CCO2)cc1Cl. The van der Waals surface area contributed by atoms with E-state index < -0.39 is 61.5 Å². The number of rotatable bonds is 8. The van der Waals surface area contributed by atoms with Gasteiger partial charge in [-0.15, -0.1) is 0 Å². The number of nitrogens with zero attached hydrogens (tertiary/aromatic N) is 2. The molecular weight excluding hydrogens is 611 g/mol. The Kier molecular flexibility index (Phi) is 10.4. The molecule has 15 heteroatoms. The average molecular weight is 637 g/mol. The molecule has 0 aliphatic carbocycles. The van der Waals surface area contributed by atoms with Crippen LogP contribution in [0.3, 0.4) is 0 Å². The van der Waals surface area contributed by atoms with Gasteiger partial charge in [0.2, 0.25) is 0 Å². The maximum Gasteiger partial charge on any atom is 0.415 e. The Morgan fingerprint density at radius 2 is 1.12 bits per heavy atom. The number of hydrogen-bond acceptors (Lipinski definition) is 5. The fourth-order valence-electron chi connectivity index (χ4n) is 4.68. The molecule has 0 bridgehead atoms. The van der Waals surface area contributed by atoms with E-state index in [9.17, 15) is 35.1 Å². The summed E-state index contributed by atoms with van der Waals surface area (Å²) in [5, 5.41) is -0.388. The van der Waals surface area contributed by atoms with E-state index in [1.807, 2.05) is 0 Å². The predicted molar refractivity (Wildman–Crippen MR) is 134 cm³/mol. The van der Waals surface area contributed by atoms with Gasteiger partial charge < -0.3 is 14.2 Å². The van der Waals surface area contributed by atoms with Crippen molar-refractivity contribution < 1.29 is 49.3 Å². The Balaban J connectivity index is 1.44. The maximum absolute atomic E-state index is 14.0. The zero-order valence-corrected chi connectivity index (χ0v) is 22.8. The van der Waals surface area contributed by atoms with Gasteiger partial charge in [0.1, 0.15) is 11.6 Å². The molecule has 2 saturated heterocycles. The van der Waals surface area contributed by atoms with Crippen molar-refractivity contribution >= 4 is 23.2 Å². The van der Waals surface area contributed by atoms with Crippen LogP contribution in [0.15, 0.2) is 36.4 Å². The molecule has 41 heavy (non-hydrogen) atoms. The Hall–Kier alpha value is -1.74. The van der Waals surface area contributed by atoms with Crippen LogP contribution in [0.1, 0.15) is 23.3 Å². The molecule has 4 atom stereocenters. The van der Waals surface area contributed by atoms with Crippen LogP contribution in [0.25, 0.3) is 0 Å². The van der Waals surface area contributed by atoms with Gasteiger partial charge in [-0.05, 0) is 35.4 Å². The topological polar surface area (TPSA) is 34.2 Å². The summed E-state index contributed by atoms with van der Waals surface area (Å²) in [6, 6.07) is 7.52. The van der Waals surface area contributed by atoms with E-state index >= 15 is 0 Å². The van der Waals surface area contributed by atoms with Crippen molar-refractivity contribution in [3.05, 3.63) is 69.2 Å². The summed E-state index contributed by atoms with van der Waals surface area (Å²) in [6.45, 7) is -1.91. The van der Waals surface area contributed by atoms with Crippen molar-refractivity contribution in [2.75, 3.05) is 52.5 Å². The number of ether oxygens (including phenoxy) is 3. The largest absolute Gasteiger partial charge is 0.415 e. The van der Waals surface area contributed by atoms with Gasteiger partial charge in [-0.25, -0.2) is 8.78 Å². The van der Waals surface area contributed by atoms with E-state index in [1.165, 1.54) is 34.1 Å². The monoisotopic (exact) mass is 636 g/mol.